The van der Waals surface area contributed by atoms with Crippen molar-refractivity contribution in [1.82, 2.24) is 19.6 Å². The van der Waals surface area contributed by atoms with E-state index >= 15 is 0 Å². The molecule has 0 radical (unpaired) electrons. The van der Waals surface area contributed by atoms with Gasteiger partial charge in [-0.1, -0.05) is 30.3 Å². The molecule has 3 aromatic rings. The average molecular weight is 581 g/mol. The number of anilines is 1. The van der Waals surface area contributed by atoms with Crippen molar-refractivity contribution >= 4 is 17.7 Å². The molecule has 6 rings (SSSR count). The summed E-state index contributed by atoms with van der Waals surface area (Å²) in [6.07, 6.45) is 5.21. The molecule has 0 bridgehead atoms. The molecule has 2 amide bonds. The molecule has 1 fully saturated rings. The van der Waals surface area contributed by atoms with E-state index < -0.39 is 5.60 Å². The molecule has 1 saturated heterocycles. The summed E-state index contributed by atoms with van der Waals surface area (Å²) in [5.41, 5.74) is 5.45. The standard InChI is InChI=1S/C34H40N6O3/c1-23-16-36-38(17-23)19-28-20-39(32(42)43-33(3,4)5)24(2)18-37(28)21-31(41)40-22-34(13-26-8-6-7-9-27(26)14-34)29-11-10-25(15-35)12-30(29)40/h6-12,16-17,24,28H,13-14,18-22H2,1-5H3/t24-,28+/m1/s1. The normalized spacial score (nSPS) is 21.0. The maximum absolute atomic E-state index is 14.3. The van der Waals surface area contributed by atoms with E-state index in [1.165, 1.54) is 11.1 Å². The van der Waals surface area contributed by atoms with Gasteiger partial charge in [0.05, 0.1) is 30.9 Å². The van der Waals surface area contributed by atoms with E-state index in [0.717, 1.165) is 29.7 Å². The highest BCUT2D eigenvalue weighted by Gasteiger charge is 2.48. The van der Waals surface area contributed by atoms with Crippen LogP contribution in [-0.4, -0.2) is 75.4 Å². The first kappa shape index (κ1) is 28.9. The van der Waals surface area contributed by atoms with Crippen LogP contribution < -0.4 is 4.90 Å². The lowest BCUT2D eigenvalue weighted by molar-refractivity contribution is -0.121. The van der Waals surface area contributed by atoms with Gasteiger partial charge in [-0.05, 0) is 81.8 Å². The quantitative estimate of drug-likeness (QED) is 0.453. The van der Waals surface area contributed by atoms with Crippen LogP contribution in [0.3, 0.4) is 0 Å². The smallest absolute Gasteiger partial charge is 0.410 e. The van der Waals surface area contributed by atoms with Crippen LogP contribution in [0.2, 0.25) is 0 Å². The number of ether oxygens (including phenoxy) is 1. The summed E-state index contributed by atoms with van der Waals surface area (Å²) in [5, 5.41) is 14.2. The molecule has 9 nitrogen and oxygen atoms in total. The van der Waals surface area contributed by atoms with E-state index in [2.05, 4.69) is 46.4 Å². The third-order valence-corrected chi connectivity index (χ3v) is 9.01. The summed E-state index contributed by atoms with van der Waals surface area (Å²) in [4.78, 5) is 33.3. The molecule has 3 heterocycles. The summed E-state index contributed by atoms with van der Waals surface area (Å²) in [6.45, 7) is 11.9. The molecule has 2 aromatic carbocycles. The fourth-order valence-corrected chi connectivity index (χ4v) is 7.06. The Hall–Kier alpha value is -4.16. The minimum Gasteiger partial charge on any atom is -0.444 e. The fraction of sp³-hybridized carbons (Fsp3) is 0.471. The van der Waals surface area contributed by atoms with Crippen LogP contribution in [0.5, 0.6) is 0 Å². The van der Waals surface area contributed by atoms with Crippen LogP contribution in [0.25, 0.3) is 0 Å². The van der Waals surface area contributed by atoms with Crippen molar-refractivity contribution in [3.8, 4) is 6.07 Å². The molecule has 1 spiro atoms. The molecule has 0 unspecified atom stereocenters. The van der Waals surface area contributed by atoms with Gasteiger partial charge in [0.2, 0.25) is 5.91 Å². The molecular weight excluding hydrogens is 540 g/mol. The number of benzene rings is 2. The number of carbonyl (C=O) groups excluding carboxylic acids is 2. The summed E-state index contributed by atoms with van der Waals surface area (Å²) >= 11 is 0. The highest BCUT2D eigenvalue weighted by atomic mass is 16.6. The fourth-order valence-electron chi connectivity index (χ4n) is 7.06. The molecule has 1 aromatic heterocycles. The van der Waals surface area contributed by atoms with Gasteiger partial charge in [0, 0.05) is 49.0 Å². The zero-order chi connectivity index (χ0) is 30.5. The van der Waals surface area contributed by atoms with Gasteiger partial charge in [0.15, 0.2) is 0 Å². The number of hydrogen-bond acceptors (Lipinski definition) is 6. The first-order chi connectivity index (χ1) is 20.4. The summed E-state index contributed by atoms with van der Waals surface area (Å²) in [7, 11) is 0. The monoisotopic (exact) mass is 580 g/mol. The van der Waals surface area contributed by atoms with Gasteiger partial charge in [-0.3, -0.25) is 14.4 Å². The first-order valence-electron chi connectivity index (χ1n) is 15.1. The van der Waals surface area contributed by atoms with Crippen molar-refractivity contribution in [2.24, 2.45) is 0 Å². The van der Waals surface area contributed by atoms with Crippen LogP contribution in [0.1, 0.15) is 55.5 Å². The molecular formula is C34H40N6O3. The second-order valence-corrected chi connectivity index (χ2v) is 13.5. The van der Waals surface area contributed by atoms with Crippen molar-refractivity contribution in [3.05, 3.63) is 82.7 Å². The van der Waals surface area contributed by atoms with Crippen LogP contribution in [0.15, 0.2) is 54.9 Å². The van der Waals surface area contributed by atoms with Crippen molar-refractivity contribution < 1.29 is 14.3 Å². The maximum atomic E-state index is 14.3. The molecule has 9 heteroatoms. The van der Waals surface area contributed by atoms with Crippen molar-refractivity contribution in [2.45, 2.75) is 77.1 Å². The van der Waals surface area contributed by atoms with Crippen molar-refractivity contribution in [1.29, 1.82) is 5.26 Å². The van der Waals surface area contributed by atoms with Gasteiger partial charge in [-0.25, -0.2) is 4.79 Å². The van der Waals surface area contributed by atoms with Gasteiger partial charge in [-0.15, -0.1) is 0 Å². The van der Waals surface area contributed by atoms with Crippen LogP contribution in [0.4, 0.5) is 10.5 Å². The lowest BCUT2D eigenvalue weighted by Crippen LogP contribution is -2.62. The van der Waals surface area contributed by atoms with E-state index in [1.54, 1.807) is 4.90 Å². The number of nitrogens with zero attached hydrogens (tertiary/aromatic N) is 6. The second kappa shape index (κ2) is 10.8. The van der Waals surface area contributed by atoms with Gasteiger partial charge in [0.1, 0.15) is 5.60 Å². The minimum absolute atomic E-state index is 0.00346. The predicted molar refractivity (Wildman–Crippen MR) is 164 cm³/mol. The Morgan fingerprint density at radius 1 is 1.12 bits per heavy atom. The molecule has 1 aliphatic carbocycles. The Bertz CT molecular complexity index is 1570. The Kier molecular flexibility index (Phi) is 7.29. The minimum atomic E-state index is -0.597. The lowest BCUT2D eigenvalue weighted by atomic mass is 9.79. The van der Waals surface area contributed by atoms with Crippen molar-refractivity contribution in [3.63, 3.8) is 0 Å². The number of aryl methyl sites for hydroxylation is 1. The Morgan fingerprint density at radius 3 is 2.47 bits per heavy atom. The molecule has 43 heavy (non-hydrogen) atoms. The van der Waals surface area contributed by atoms with E-state index in [-0.39, 0.29) is 36.0 Å². The SMILES string of the molecule is Cc1cnn(C[C@H]2CN(C(=O)OC(C)(C)C)[C@H](C)CN2CC(=O)N2CC3(Cc4ccccc4C3)c3ccc(C#N)cc32)c1. The predicted octanol–water partition coefficient (Wildman–Crippen LogP) is 4.46. The summed E-state index contributed by atoms with van der Waals surface area (Å²) in [6, 6.07) is 16.3. The largest absolute Gasteiger partial charge is 0.444 e. The Labute approximate surface area is 253 Å². The van der Waals surface area contributed by atoms with E-state index in [0.29, 0.717) is 31.7 Å². The maximum Gasteiger partial charge on any atom is 0.410 e. The number of amides is 2. The molecule has 3 aliphatic rings. The van der Waals surface area contributed by atoms with Crippen LogP contribution >= 0.6 is 0 Å². The number of hydrogen-bond donors (Lipinski definition) is 0. The van der Waals surface area contributed by atoms with Gasteiger partial charge >= 0.3 is 6.09 Å². The third-order valence-electron chi connectivity index (χ3n) is 9.01. The number of piperazine rings is 1. The third kappa shape index (κ3) is 5.64. The van der Waals surface area contributed by atoms with Gasteiger partial charge in [-0.2, -0.15) is 10.4 Å². The number of carbonyl (C=O) groups is 2. The molecule has 2 atom stereocenters. The van der Waals surface area contributed by atoms with E-state index in [9.17, 15) is 14.9 Å². The lowest BCUT2D eigenvalue weighted by Gasteiger charge is -2.45. The number of fused-ring (bicyclic) bond motifs is 3. The Morgan fingerprint density at radius 2 is 1.84 bits per heavy atom. The van der Waals surface area contributed by atoms with E-state index in [4.69, 9.17) is 4.74 Å². The Balaban J connectivity index is 1.27. The van der Waals surface area contributed by atoms with Crippen LogP contribution in [-0.2, 0) is 34.3 Å². The first-order valence-corrected chi connectivity index (χ1v) is 15.1. The molecule has 0 N–H and O–H groups in total. The summed E-state index contributed by atoms with van der Waals surface area (Å²) < 4.78 is 7.62. The van der Waals surface area contributed by atoms with E-state index in [1.807, 2.05) is 68.7 Å². The highest BCUT2D eigenvalue weighted by molar-refractivity contribution is 5.98. The van der Waals surface area contributed by atoms with Crippen LogP contribution in [0, 0.1) is 18.3 Å². The number of nitriles is 1. The molecule has 2 aliphatic heterocycles. The number of aromatic nitrogens is 2. The zero-order valence-electron chi connectivity index (χ0n) is 25.7. The van der Waals surface area contributed by atoms with Crippen molar-refractivity contribution in [2.75, 3.05) is 31.1 Å². The zero-order valence-corrected chi connectivity index (χ0v) is 25.7. The molecule has 0 saturated carbocycles. The topological polar surface area (TPSA) is 94.7 Å². The second-order valence-electron chi connectivity index (χ2n) is 13.5. The summed E-state index contributed by atoms with van der Waals surface area (Å²) in [5.74, 6) is 0.00346. The highest BCUT2D eigenvalue weighted by Crippen LogP contribution is 2.49. The number of rotatable bonds is 4. The molecule has 224 valence electrons. The average Bonchev–Trinajstić information content (AvgIpc) is 3.63. The van der Waals surface area contributed by atoms with Gasteiger partial charge < -0.3 is 14.5 Å². The van der Waals surface area contributed by atoms with Gasteiger partial charge in [0.25, 0.3) is 0 Å².